The van der Waals surface area contributed by atoms with Crippen LogP contribution in [-0.4, -0.2) is 82.5 Å². The first-order chi connectivity index (χ1) is 15.7. The summed E-state index contributed by atoms with van der Waals surface area (Å²) in [4.78, 5) is 46.9. The van der Waals surface area contributed by atoms with E-state index in [1.165, 1.54) is 11.8 Å². The van der Waals surface area contributed by atoms with E-state index in [9.17, 15) is 14.4 Å². The van der Waals surface area contributed by atoms with Crippen molar-refractivity contribution in [3.63, 3.8) is 0 Å². The molecule has 0 aliphatic heterocycles. The van der Waals surface area contributed by atoms with Crippen LogP contribution in [0, 0.1) is 5.41 Å². The molecule has 2 heterocycles. The van der Waals surface area contributed by atoms with Gasteiger partial charge in [-0.15, -0.1) is 11.8 Å². The van der Waals surface area contributed by atoms with Gasteiger partial charge in [0.05, 0.1) is 17.6 Å². The highest BCUT2D eigenvalue weighted by molar-refractivity contribution is 8.00. The lowest BCUT2D eigenvalue weighted by molar-refractivity contribution is -0.151. The molecule has 33 heavy (non-hydrogen) atoms. The molecule has 0 aromatic carbocycles. The van der Waals surface area contributed by atoms with Crippen molar-refractivity contribution in [2.24, 2.45) is 0 Å². The Labute approximate surface area is 198 Å². The Morgan fingerprint density at radius 1 is 1.33 bits per heavy atom. The van der Waals surface area contributed by atoms with Crippen molar-refractivity contribution in [1.82, 2.24) is 20.2 Å². The molecule has 180 valence electrons. The van der Waals surface area contributed by atoms with E-state index in [4.69, 9.17) is 10.1 Å². The number of hydrogen-bond acceptors (Lipinski definition) is 8. The number of nitrogens with one attached hydrogen (secondary N) is 3. The van der Waals surface area contributed by atoms with Gasteiger partial charge in [0.1, 0.15) is 11.7 Å². The van der Waals surface area contributed by atoms with E-state index in [0.717, 1.165) is 35.1 Å². The van der Waals surface area contributed by atoms with E-state index in [0.29, 0.717) is 6.42 Å². The Balaban J connectivity index is 2.19. The number of thioether (sulfide) groups is 1. The Bertz CT molecular complexity index is 959. The number of Topliss-reactive ketones (excluding diaryl/α,β-unsaturated/α-hetero) is 1. The molecule has 0 saturated carbocycles. The maximum atomic E-state index is 13.3. The molecule has 1 amide bonds. The van der Waals surface area contributed by atoms with Crippen LogP contribution in [0.25, 0.3) is 11.0 Å². The van der Waals surface area contributed by atoms with Gasteiger partial charge in [0.25, 0.3) is 0 Å². The third kappa shape index (κ3) is 8.62. The number of amides is 1. The molecule has 0 bridgehead atoms. The second-order valence-electron chi connectivity index (χ2n) is 8.28. The van der Waals surface area contributed by atoms with Gasteiger partial charge >= 0.3 is 5.97 Å². The van der Waals surface area contributed by atoms with Crippen LogP contribution in [0.4, 0.5) is 0 Å². The Morgan fingerprint density at radius 3 is 2.76 bits per heavy atom. The molecule has 0 aliphatic rings. The average Bonchev–Trinajstić information content (AvgIpc) is 3.17. The Kier molecular flexibility index (Phi) is 10.5. The fourth-order valence-electron chi connectivity index (χ4n) is 3.17. The van der Waals surface area contributed by atoms with Gasteiger partial charge in [0.2, 0.25) is 5.91 Å². The highest BCUT2D eigenvalue weighted by Crippen LogP contribution is 2.23. The molecular formula is C23H33N5O4S. The van der Waals surface area contributed by atoms with Crippen LogP contribution in [0.15, 0.2) is 24.5 Å². The lowest BCUT2D eigenvalue weighted by atomic mass is 10.1. The fourth-order valence-corrected chi connectivity index (χ4v) is 4.44. The van der Waals surface area contributed by atoms with Crippen LogP contribution < -0.4 is 5.32 Å². The summed E-state index contributed by atoms with van der Waals surface area (Å²) in [7, 11) is 3.94. The summed E-state index contributed by atoms with van der Waals surface area (Å²) >= 11 is 1.52. The van der Waals surface area contributed by atoms with Gasteiger partial charge in [-0.1, -0.05) is 0 Å². The van der Waals surface area contributed by atoms with E-state index in [1.807, 2.05) is 37.3 Å². The third-order valence-corrected chi connectivity index (χ3v) is 6.09. The zero-order chi connectivity index (χ0) is 24.4. The molecule has 0 unspecified atom stereocenters. The van der Waals surface area contributed by atoms with Crippen molar-refractivity contribution in [3.05, 3.63) is 30.1 Å². The number of hydrogen-bond donors (Lipinski definition) is 3. The Morgan fingerprint density at radius 2 is 2.09 bits per heavy atom. The van der Waals surface area contributed by atoms with Crippen LogP contribution in [0.2, 0.25) is 0 Å². The summed E-state index contributed by atoms with van der Waals surface area (Å²) in [6.07, 6.45) is 4.46. The number of pyridine rings is 1. The second kappa shape index (κ2) is 13.1. The number of esters is 1. The van der Waals surface area contributed by atoms with Gasteiger partial charge in [0, 0.05) is 36.5 Å². The first-order valence-corrected chi connectivity index (χ1v) is 12.0. The molecule has 0 saturated heterocycles. The summed E-state index contributed by atoms with van der Waals surface area (Å²) in [6.45, 7) is 4.26. The zero-order valence-electron chi connectivity index (χ0n) is 19.6. The van der Waals surface area contributed by atoms with Gasteiger partial charge in [-0.25, -0.2) is 9.78 Å². The minimum Gasteiger partial charge on any atom is -0.461 e. The number of nitrogens with zero attached hydrogens (tertiary/aromatic N) is 2. The summed E-state index contributed by atoms with van der Waals surface area (Å²) in [5.41, 5.74) is 1.73. The van der Waals surface area contributed by atoms with Gasteiger partial charge in [0.15, 0.2) is 5.78 Å². The number of aromatic amines is 1. The number of carbonyl (C=O) groups excluding carboxylic acids is 3. The maximum absolute atomic E-state index is 13.3. The molecule has 10 heteroatoms. The molecule has 2 aromatic rings. The molecule has 0 spiro atoms. The highest BCUT2D eigenvalue weighted by atomic mass is 32.2. The van der Waals surface area contributed by atoms with E-state index in [2.05, 4.69) is 15.3 Å². The number of H-pyrrole nitrogens is 1. The van der Waals surface area contributed by atoms with Crippen molar-refractivity contribution in [2.45, 2.75) is 50.5 Å². The zero-order valence-corrected chi connectivity index (χ0v) is 20.4. The van der Waals surface area contributed by atoms with E-state index in [-0.39, 0.29) is 24.9 Å². The number of carbonyl (C=O) groups is 3. The third-order valence-electron chi connectivity index (χ3n) is 4.89. The van der Waals surface area contributed by atoms with Gasteiger partial charge in [-0.05, 0) is 58.5 Å². The number of rotatable bonds is 14. The van der Waals surface area contributed by atoms with E-state index in [1.54, 1.807) is 20.0 Å². The van der Waals surface area contributed by atoms with Crippen molar-refractivity contribution < 1.29 is 19.1 Å². The molecular weight excluding hydrogens is 442 g/mol. The normalized spacial score (nSPS) is 13.2. The molecule has 9 nitrogen and oxygen atoms in total. The first-order valence-electron chi connectivity index (χ1n) is 10.9. The molecule has 3 N–H and O–H groups in total. The summed E-state index contributed by atoms with van der Waals surface area (Å²) in [5, 5.41) is 10.4. The minimum atomic E-state index is -0.953. The first kappa shape index (κ1) is 26.5. The summed E-state index contributed by atoms with van der Waals surface area (Å²) < 4.78 is 5.29. The molecule has 0 aliphatic carbocycles. The lowest BCUT2D eigenvalue weighted by Gasteiger charge is -2.23. The standard InChI is InChI=1S/C23H33N5O4S/c1-15(2)32-23(31)19(8-7-17(29)13-24)27-22(30)20(33-11-10-28(3)4)12-16-14-26-21-18(16)6-5-9-25-21/h5-6,9,13-15,19-20,24H,7-8,10-12H2,1-4H3,(H,25,26)(H,27,30)/t19-,20-/m0/s1. The maximum Gasteiger partial charge on any atom is 0.328 e. The topological polar surface area (TPSA) is 128 Å². The number of ether oxygens (including phenoxy) is 1. The number of fused-ring (bicyclic) bond motifs is 1. The SMILES string of the molecule is CC(C)OC(=O)[C@H](CCC(=O)C=N)NC(=O)[C@H](Cc1c[nH]c2ncccc12)SCCN(C)C. The Hall–Kier alpha value is -2.72. The smallest absolute Gasteiger partial charge is 0.328 e. The van der Waals surface area contributed by atoms with Gasteiger partial charge in [-0.2, -0.15) is 0 Å². The molecule has 2 aromatic heterocycles. The summed E-state index contributed by atoms with van der Waals surface area (Å²) in [5.74, 6) is -0.539. The van der Waals surface area contributed by atoms with Crippen molar-refractivity contribution in [1.29, 1.82) is 5.41 Å². The van der Waals surface area contributed by atoms with Crippen LogP contribution in [-0.2, 0) is 25.5 Å². The monoisotopic (exact) mass is 475 g/mol. The molecule has 2 atom stereocenters. The number of aromatic nitrogens is 2. The minimum absolute atomic E-state index is 0.0196. The van der Waals surface area contributed by atoms with Crippen molar-refractivity contribution >= 4 is 46.7 Å². The summed E-state index contributed by atoms with van der Waals surface area (Å²) in [6, 6.07) is 2.86. The quantitative estimate of drug-likeness (QED) is 0.282. The molecule has 0 fully saturated rings. The predicted octanol–water partition coefficient (Wildman–Crippen LogP) is 2.20. The van der Waals surface area contributed by atoms with Crippen LogP contribution in [0.1, 0.15) is 32.3 Å². The lowest BCUT2D eigenvalue weighted by Crippen LogP contribution is -2.46. The van der Waals surface area contributed by atoms with Crippen LogP contribution in [0.5, 0.6) is 0 Å². The second-order valence-corrected chi connectivity index (χ2v) is 9.59. The van der Waals surface area contributed by atoms with Crippen LogP contribution in [0.3, 0.4) is 0 Å². The molecule has 0 radical (unpaired) electrons. The van der Waals surface area contributed by atoms with Gasteiger partial charge < -0.3 is 25.3 Å². The van der Waals surface area contributed by atoms with Gasteiger partial charge in [-0.3, -0.25) is 9.59 Å². The predicted molar refractivity (Wildman–Crippen MR) is 131 cm³/mol. The largest absolute Gasteiger partial charge is 0.461 e. The molecule has 2 rings (SSSR count). The highest BCUT2D eigenvalue weighted by Gasteiger charge is 2.28. The fraction of sp³-hybridized carbons (Fsp3) is 0.522. The van der Waals surface area contributed by atoms with Crippen molar-refractivity contribution in [2.75, 3.05) is 26.4 Å². The number of ketones is 1. The van der Waals surface area contributed by atoms with E-state index >= 15 is 0 Å². The van der Waals surface area contributed by atoms with Crippen molar-refractivity contribution in [3.8, 4) is 0 Å². The van der Waals surface area contributed by atoms with E-state index < -0.39 is 23.0 Å². The average molecular weight is 476 g/mol. The van der Waals surface area contributed by atoms with Crippen LogP contribution >= 0.6 is 11.8 Å².